The summed E-state index contributed by atoms with van der Waals surface area (Å²) >= 11 is 0. The Bertz CT molecular complexity index is 592. The van der Waals surface area contributed by atoms with E-state index >= 15 is 0 Å². The molecular weight excluding hydrogens is 355 g/mol. The molecule has 0 amide bonds. The van der Waals surface area contributed by atoms with Gasteiger partial charge in [0, 0.05) is 52.4 Å². The summed E-state index contributed by atoms with van der Waals surface area (Å²) in [4.78, 5) is 9.10. The maximum Gasteiger partial charge on any atom is 0.416 e. The van der Waals surface area contributed by atoms with Crippen molar-refractivity contribution < 1.29 is 13.2 Å². The van der Waals surface area contributed by atoms with Crippen LogP contribution in [0.5, 0.6) is 0 Å². The van der Waals surface area contributed by atoms with Gasteiger partial charge in [-0.1, -0.05) is 19.1 Å². The van der Waals surface area contributed by atoms with Gasteiger partial charge in [0.05, 0.1) is 5.56 Å². The van der Waals surface area contributed by atoms with Gasteiger partial charge >= 0.3 is 6.18 Å². The Hall–Kier alpha value is -1.80. The predicted molar refractivity (Wildman–Crippen MR) is 103 cm³/mol. The van der Waals surface area contributed by atoms with Crippen molar-refractivity contribution in [2.75, 3.05) is 46.3 Å². The molecule has 0 aromatic heterocycles. The Labute approximate surface area is 159 Å². The molecule has 1 saturated heterocycles. The second-order valence-corrected chi connectivity index (χ2v) is 6.82. The van der Waals surface area contributed by atoms with E-state index < -0.39 is 11.7 Å². The summed E-state index contributed by atoms with van der Waals surface area (Å²) in [5.74, 6) is 0.647. The normalized spacial score (nSPS) is 18.4. The molecular formula is C19H30F3N5. The molecule has 8 heteroatoms. The van der Waals surface area contributed by atoms with Gasteiger partial charge in [-0.3, -0.25) is 9.89 Å². The molecule has 0 spiro atoms. The number of piperazine rings is 1. The monoisotopic (exact) mass is 385 g/mol. The van der Waals surface area contributed by atoms with Crippen molar-refractivity contribution in [3.63, 3.8) is 0 Å². The number of likely N-dealkylation sites (N-methyl/N-ethyl adjacent to an activating group) is 1. The highest BCUT2D eigenvalue weighted by molar-refractivity contribution is 5.79. The summed E-state index contributed by atoms with van der Waals surface area (Å²) in [7, 11) is 1.69. The molecule has 1 aliphatic rings. The van der Waals surface area contributed by atoms with E-state index in [0.29, 0.717) is 18.5 Å². The molecule has 1 fully saturated rings. The van der Waals surface area contributed by atoms with Crippen molar-refractivity contribution in [2.24, 2.45) is 4.99 Å². The molecule has 2 N–H and O–H groups in total. The van der Waals surface area contributed by atoms with E-state index in [0.717, 1.165) is 57.0 Å². The molecule has 1 atom stereocenters. The predicted octanol–water partition coefficient (Wildman–Crippen LogP) is 2.40. The van der Waals surface area contributed by atoms with E-state index in [1.165, 1.54) is 12.1 Å². The zero-order valence-electron chi connectivity index (χ0n) is 16.3. The van der Waals surface area contributed by atoms with Gasteiger partial charge in [-0.15, -0.1) is 0 Å². The van der Waals surface area contributed by atoms with E-state index in [1.54, 1.807) is 7.05 Å². The topological polar surface area (TPSA) is 42.9 Å². The SMILES string of the molecule is CCN1CCN(C(C)CNC(=NC)NCc2ccc(C(F)(F)F)cc2)CC1. The highest BCUT2D eigenvalue weighted by Gasteiger charge is 2.29. The van der Waals surface area contributed by atoms with Crippen LogP contribution in [0.2, 0.25) is 0 Å². The van der Waals surface area contributed by atoms with Crippen LogP contribution >= 0.6 is 0 Å². The van der Waals surface area contributed by atoms with Crippen LogP contribution in [0.1, 0.15) is 25.0 Å². The zero-order valence-corrected chi connectivity index (χ0v) is 16.3. The summed E-state index contributed by atoms with van der Waals surface area (Å²) in [6, 6.07) is 5.56. The Kier molecular flexibility index (Phi) is 7.91. The first-order chi connectivity index (χ1) is 12.8. The van der Waals surface area contributed by atoms with Crippen LogP contribution in [0.3, 0.4) is 0 Å². The van der Waals surface area contributed by atoms with Gasteiger partial charge in [-0.2, -0.15) is 13.2 Å². The van der Waals surface area contributed by atoms with Gasteiger partial charge in [0.15, 0.2) is 5.96 Å². The fourth-order valence-corrected chi connectivity index (χ4v) is 3.11. The smallest absolute Gasteiger partial charge is 0.355 e. The number of alkyl halides is 3. The number of aliphatic imine (C=N–C) groups is 1. The molecule has 1 aromatic rings. The van der Waals surface area contributed by atoms with Crippen LogP contribution in [-0.2, 0) is 12.7 Å². The van der Waals surface area contributed by atoms with Crippen LogP contribution < -0.4 is 10.6 Å². The van der Waals surface area contributed by atoms with Crippen LogP contribution in [0.25, 0.3) is 0 Å². The first kappa shape index (κ1) is 21.5. The van der Waals surface area contributed by atoms with Crippen LogP contribution in [0.15, 0.2) is 29.3 Å². The van der Waals surface area contributed by atoms with Crippen molar-refractivity contribution in [3.05, 3.63) is 35.4 Å². The molecule has 0 aliphatic carbocycles. The first-order valence-corrected chi connectivity index (χ1v) is 9.40. The zero-order chi connectivity index (χ0) is 19.9. The number of hydrogen-bond donors (Lipinski definition) is 2. The Balaban J connectivity index is 1.76. The maximum atomic E-state index is 12.6. The number of guanidine groups is 1. The Morgan fingerprint density at radius 3 is 2.26 bits per heavy atom. The lowest BCUT2D eigenvalue weighted by Crippen LogP contribution is -2.53. The largest absolute Gasteiger partial charge is 0.416 e. The third kappa shape index (κ3) is 6.70. The highest BCUT2D eigenvalue weighted by atomic mass is 19.4. The maximum absolute atomic E-state index is 12.6. The number of benzene rings is 1. The molecule has 5 nitrogen and oxygen atoms in total. The lowest BCUT2D eigenvalue weighted by molar-refractivity contribution is -0.137. The van der Waals surface area contributed by atoms with Gasteiger partial charge in [-0.05, 0) is 31.2 Å². The minimum atomic E-state index is -4.30. The Morgan fingerprint density at radius 2 is 1.74 bits per heavy atom. The van der Waals surface area contributed by atoms with Crippen molar-refractivity contribution in [1.82, 2.24) is 20.4 Å². The average molecular weight is 385 g/mol. The van der Waals surface area contributed by atoms with Gasteiger partial charge < -0.3 is 15.5 Å². The summed E-state index contributed by atoms with van der Waals surface area (Å²) in [5.41, 5.74) is 0.139. The van der Waals surface area contributed by atoms with E-state index in [9.17, 15) is 13.2 Å². The minimum absolute atomic E-state index is 0.383. The fourth-order valence-electron chi connectivity index (χ4n) is 3.11. The summed E-state index contributed by atoms with van der Waals surface area (Å²) in [5, 5.41) is 6.45. The quantitative estimate of drug-likeness (QED) is 0.583. The molecule has 2 rings (SSSR count). The number of nitrogens with zero attached hydrogens (tertiary/aromatic N) is 3. The van der Waals surface area contributed by atoms with Crippen molar-refractivity contribution >= 4 is 5.96 Å². The Morgan fingerprint density at radius 1 is 1.11 bits per heavy atom. The lowest BCUT2D eigenvalue weighted by Gasteiger charge is -2.37. The van der Waals surface area contributed by atoms with Gasteiger partial charge in [-0.25, -0.2) is 0 Å². The van der Waals surface area contributed by atoms with E-state index in [-0.39, 0.29) is 0 Å². The first-order valence-electron chi connectivity index (χ1n) is 9.40. The summed E-state index contributed by atoms with van der Waals surface area (Å²) in [6.45, 7) is 11.0. The van der Waals surface area contributed by atoms with Gasteiger partial charge in [0.2, 0.25) is 0 Å². The number of halogens is 3. The molecule has 152 valence electrons. The lowest BCUT2D eigenvalue weighted by atomic mass is 10.1. The molecule has 1 aromatic carbocycles. The van der Waals surface area contributed by atoms with Crippen LogP contribution in [-0.4, -0.2) is 68.1 Å². The average Bonchev–Trinajstić information content (AvgIpc) is 2.67. The molecule has 0 saturated carbocycles. The second kappa shape index (κ2) is 9.94. The van der Waals surface area contributed by atoms with E-state index in [4.69, 9.17) is 0 Å². The molecule has 1 heterocycles. The molecule has 1 aliphatic heterocycles. The van der Waals surface area contributed by atoms with Crippen LogP contribution in [0, 0.1) is 0 Å². The van der Waals surface area contributed by atoms with Crippen LogP contribution in [0.4, 0.5) is 13.2 Å². The number of hydrogen-bond acceptors (Lipinski definition) is 3. The number of rotatable bonds is 6. The van der Waals surface area contributed by atoms with Crippen molar-refractivity contribution in [3.8, 4) is 0 Å². The molecule has 0 bridgehead atoms. The van der Waals surface area contributed by atoms with Crippen molar-refractivity contribution in [2.45, 2.75) is 32.6 Å². The van der Waals surface area contributed by atoms with E-state index in [2.05, 4.69) is 39.3 Å². The van der Waals surface area contributed by atoms with Gasteiger partial charge in [0.1, 0.15) is 0 Å². The summed E-state index contributed by atoms with van der Waals surface area (Å²) < 4.78 is 37.8. The molecule has 0 radical (unpaired) electrons. The van der Waals surface area contributed by atoms with E-state index in [1.807, 2.05) is 0 Å². The third-order valence-electron chi connectivity index (χ3n) is 5.01. The fraction of sp³-hybridized carbons (Fsp3) is 0.632. The summed E-state index contributed by atoms with van der Waals surface area (Å²) in [6.07, 6.45) is -4.30. The molecule has 27 heavy (non-hydrogen) atoms. The molecule has 1 unspecified atom stereocenters. The van der Waals surface area contributed by atoms with Crippen molar-refractivity contribution in [1.29, 1.82) is 0 Å². The second-order valence-electron chi connectivity index (χ2n) is 6.82. The standard InChI is InChI=1S/C19H30F3N5/c1-4-26-9-11-27(12-10-26)15(2)13-24-18(23-3)25-14-16-5-7-17(8-6-16)19(20,21)22/h5-8,15H,4,9-14H2,1-3H3,(H2,23,24,25). The minimum Gasteiger partial charge on any atom is -0.355 e. The third-order valence-corrected chi connectivity index (χ3v) is 5.01. The van der Waals surface area contributed by atoms with Gasteiger partial charge in [0.25, 0.3) is 0 Å². The highest BCUT2D eigenvalue weighted by Crippen LogP contribution is 2.29. The number of nitrogens with one attached hydrogen (secondary N) is 2.